The molecule has 0 aromatic carbocycles. The van der Waals surface area contributed by atoms with E-state index in [0.717, 1.165) is 19.3 Å². The summed E-state index contributed by atoms with van der Waals surface area (Å²) in [6.07, 6.45) is 4.52. The number of ketones is 1. The average molecular weight is 395 g/mol. The first-order valence-electron chi connectivity index (χ1n) is 10.2. The molecular formula is C22H34O4S. The highest BCUT2D eigenvalue weighted by molar-refractivity contribution is 7.81. The van der Waals surface area contributed by atoms with Crippen LogP contribution in [0.15, 0.2) is 12.7 Å². The lowest BCUT2D eigenvalue weighted by Crippen LogP contribution is -2.63. The van der Waals surface area contributed by atoms with E-state index in [-0.39, 0.29) is 40.7 Å². The summed E-state index contributed by atoms with van der Waals surface area (Å²) in [6, 6.07) is 0. The van der Waals surface area contributed by atoms with Crippen LogP contribution in [0.3, 0.4) is 0 Å². The number of rotatable bonds is 3. The van der Waals surface area contributed by atoms with Gasteiger partial charge < -0.3 is 9.84 Å². The molecule has 0 amide bonds. The largest absolute Gasteiger partial charge is 0.461 e. The molecule has 0 aromatic rings. The molecule has 2 bridgehead atoms. The highest BCUT2D eigenvalue weighted by atomic mass is 32.1. The van der Waals surface area contributed by atoms with Gasteiger partial charge in [-0.25, -0.2) is 0 Å². The van der Waals surface area contributed by atoms with Crippen LogP contribution in [0.4, 0.5) is 0 Å². The van der Waals surface area contributed by atoms with Crippen molar-refractivity contribution in [2.45, 2.75) is 72.0 Å². The van der Waals surface area contributed by atoms with Crippen molar-refractivity contribution in [2.75, 3.05) is 5.75 Å². The number of ether oxygens (including phenoxy) is 1. The number of Topliss-reactive ketones (excluding diaryl/α,β-unsaturated/α-hetero) is 1. The van der Waals surface area contributed by atoms with Crippen molar-refractivity contribution >= 4 is 24.4 Å². The van der Waals surface area contributed by atoms with E-state index in [9.17, 15) is 14.7 Å². The lowest BCUT2D eigenvalue weighted by Gasteiger charge is -2.61. The van der Waals surface area contributed by atoms with Crippen LogP contribution in [-0.2, 0) is 14.3 Å². The molecule has 0 aromatic heterocycles. The van der Waals surface area contributed by atoms with E-state index in [4.69, 9.17) is 4.74 Å². The van der Waals surface area contributed by atoms with Crippen molar-refractivity contribution in [2.24, 2.45) is 34.0 Å². The summed E-state index contributed by atoms with van der Waals surface area (Å²) in [4.78, 5) is 25.4. The zero-order chi connectivity index (χ0) is 20.2. The molecule has 27 heavy (non-hydrogen) atoms. The zero-order valence-electron chi connectivity index (χ0n) is 17.0. The number of aliphatic hydroxyl groups excluding tert-OH is 1. The lowest BCUT2D eigenvalue weighted by atomic mass is 9.44. The van der Waals surface area contributed by atoms with E-state index in [0.29, 0.717) is 12.8 Å². The fourth-order valence-corrected chi connectivity index (χ4v) is 6.77. The van der Waals surface area contributed by atoms with Gasteiger partial charge in [0.2, 0.25) is 0 Å². The van der Waals surface area contributed by atoms with Gasteiger partial charge in [-0.05, 0) is 42.9 Å². The maximum atomic E-state index is 13.2. The topological polar surface area (TPSA) is 63.6 Å². The van der Waals surface area contributed by atoms with Crippen LogP contribution in [0.1, 0.15) is 59.8 Å². The molecule has 0 heterocycles. The Labute approximate surface area is 168 Å². The molecule has 4 nitrogen and oxygen atoms in total. The smallest absolute Gasteiger partial charge is 0.315 e. The quantitative estimate of drug-likeness (QED) is 0.434. The number of aliphatic hydroxyl groups is 1. The molecule has 3 aliphatic rings. The predicted molar refractivity (Wildman–Crippen MR) is 108 cm³/mol. The van der Waals surface area contributed by atoms with Crippen LogP contribution >= 0.6 is 12.6 Å². The van der Waals surface area contributed by atoms with Gasteiger partial charge in [0.25, 0.3) is 0 Å². The van der Waals surface area contributed by atoms with E-state index in [1.165, 1.54) is 0 Å². The second kappa shape index (κ2) is 6.91. The van der Waals surface area contributed by atoms with Crippen LogP contribution in [0.2, 0.25) is 0 Å². The van der Waals surface area contributed by atoms with Gasteiger partial charge in [0.15, 0.2) is 0 Å². The van der Waals surface area contributed by atoms with E-state index in [2.05, 4.69) is 40.0 Å². The second-order valence-corrected chi connectivity index (χ2v) is 10.0. The van der Waals surface area contributed by atoms with Crippen molar-refractivity contribution in [3.8, 4) is 0 Å². The Kier molecular flexibility index (Phi) is 5.35. The average Bonchev–Trinajstić information content (AvgIpc) is 3.00. The zero-order valence-corrected chi connectivity index (χ0v) is 17.9. The number of hydrogen-bond acceptors (Lipinski definition) is 5. The summed E-state index contributed by atoms with van der Waals surface area (Å²) in [5, 5.41) is 11.4. The molecule has 3 aliphatic carbocycles. The van der Waals surface area contributed by atoms with Crippen LogP contribution in [0.5, 0.6) is 0 Å². The van der Waals surface area contributed by atoms with Crippen LogP contribution in [-0.4, -0.2) is 34.8 Å². The molecule has 0 saturated heterocycles. The monoisotopic (exact) mass is 394 g/mol. The minimum absolute atomic E-state index is 0.00841. The van der Waals surface area contributed by atoms with Gasteiger partial charge in [0, 0.05) is 23.2 Å². The molecule has 0 aliphatic heterocycles. The molecule has 1 N–H and O–H groups in total. The maximum Gasteiger partial charge on any atom is 0.315 e. The molecule has 152 valence electrons. The van der Waals surface area contributed by atoms with Gasteiger partial charge in [-0.2, -0.15) is 12.6 Å². The third-order valence-electron chi connectivity index (χ3n) is 8.70. The Morgan fingerprint density at radius 1 is 1.37 bits per heavy atom. The normalized spacial score (nSPS) is 49.7. The van der Waals surface area contributed by atoms with Gasteiger partial charge in [-0.1, -0.05) is 33.8 Å². The fraction of sp³-hybridized carbons (Fsp3) is 0.818. The van der Waals surface area contributed by atoms with E-state index in [1.54, 1.807) is 0 Å². The second-order valence-electron chi connectivity index (χ2n) is 9.72. The molecule has 3 saturated carbocycles. The van der Waals surface area contributed by atoms with Crippen molar-refractivity contribution in [3.05, 3.63) is 12.7 Å². The molecule has 0 spiro atoms. The van der Waals surface area contributed by atoms with E-state index in [1.807, 2.05) is 13.0 Å². The summed E-state index contributed by atoms with van der Waals surface area (Å²) in [5.74, 6) is -0.0121. The van der Waals surface area contributed by atoms with Gasteiger partial charge in [0.05, 0.1) is 11.9 Å². The number of hydrogen-bond donors (Lipinski definition) is 2. The van der Waals surface area contributed by atoms with Crippen LogP contribution in [0, 0.1) is 34.0 Å². The summed E-state index contributed by atoms with van der Waals surface area (Å²) in [5.41, 5.74) is -1.25. The minimum atomic E-state index is -0.626. The third-order valence-corrected chi connectivity index (χ3v) is 8.96. The van der Waals surface area contributed by atoms with Crippen molar-refractivity contribution < 1.29 is 19.4 Å². The SMILES string of the molecule is C=C[C@]1(C)C[C@@H](OC(=O)CS)[C@]2(C)C(C)CC[C@]3(CCC(=O)[C@H]32)[C@@H](C)[C@@H]1O. The molecule has 8 atom stereocenters. The lowest BCUT2D eigenvalue weighted by molar-refractivity contribution is -0.205. The first kappa shape index (κ1) is 20.9. The maximum absolute atomic E-state index is 13.2. The first-order valence-corrected chi connectivity index (χ1v) is 10.8. The van der Waals surface area contributed by atoms with Gasteiger partial charge in [-0.3, -0.25) is 9.59 Å². The first-order chi connectivity index (χ1) is 12.6. The van der Waals surface area contributed by atoms with Crippen molar-refractivity contribution in [1.82, 2.24) is 0 Å². The summed E-state index contributed by atoms with van der Waals surface area (Å²) < 4.78 is 5.94. The number of carbonyl (C=O) groups excluding carboxylic acids is 2. The van der Waals surface area contributed by atoms with Gasteiger partial charge in [-0.15, -0.1) is 6.58 Å². The van der Waals surface area contributed by atoms with Crippen molar-refractivity contribution in [1.29, 1.82) is 0 Å². The third kappa shape index (κ3) is 2.83. The summed E-state index contributed by atoms with van der Waals surface area (Å²) in [6.45, 7) is 12.4. The van der Waals surface area contributed by atoms with Gasteiger partial charge in [0.1, 0.15) is 11.9 Å². The Morgan fingerprint density at radius 2 is 2.04 bits per heavy atom. The predicted octanol–water partition coefficient (Wildman–Crippen LogP) is 3.82. The Balaban J connectivity index is 2.21. The number of thiol groups is 1. The van der Waals surface area contributed by atoms with Crippen LogP contribution < -0.4 is 0 Å². The highest BCUT2D eigenvalue weighted by Crippen LogP contribution is 2.67. The summed E-state index contributed by atoms with van der Waals surface area (Å²) in [7, 11) is 0. The summed E-state index contributed by atoms with van der Waals surface area (Å²) >= 11 is 4.08. The molecule has 5 heteroatoms. The molecular weight excluding hydrogens is 360 g/mol. The van der Waals surface area contributed by atoms with Crippen molar-refractivity contribution in [3.63, 3.8) is 0 Å². The highest BCUT2D eigenvalue weighted by Gasteiger charge is 2.68. The number of carbonyl (C=O) groups is 2. The molecule has 3 rings (SSSR count). The standard InChI is InChI=1S/C22H34O4S/c1-6-20(4)11-16(26-17(24)12-27)21(5)13(2)7-9-22(14(3)19(20)25)10-8-15(23)18(21)22/h6,13-14,16,18-19,25,27H,1,7-12H2,2-5H3/t13?,14-,16+,18-,19-,20+,21-,22-/m0/s1. The van der Waals surface area contributed by atoms with E-state index >= 15 is 0 Å². The van der Waals surface area contributed by atoms with Crippen LogP contribution in [0.25, 0.3) is 0 Å². The van der Waals surface area contributed by atoms with Gasteiger partial charge >= 0.3 is 5.97 Å². The molecule has 3 fully saturated rings. The Morgan fingerprint density at radius 3 is 2.63 bits per heavy atom. The minimum Gasteiger partial charge on any atom is -0.461 e. The molecule has 1 unspecified atom stereocenters. The Hall–Kier alpha value is -0.810. The molecule has 0 radical (unpaired) electrons. The fourth-order valence-electron chi connectivity index (χ4n) is 6.70. The Bertz CT molecular complexity index is 648. The number of esters is 1. The van der Waals surface area contributed by atoms with E-state index < -0.39 is 23.0 Å².